The lowest BCUT2D eigenvalue weighted by atomic mass is 9.89. The van der Waals surface area contributed by atoms with Crippen LogP contribution in [0, 0.1) is 11.7 Å². The summed E-state index contributed by atoms with van der Waals surface area (Å²) < 4.78 is 19.3. The SMILES string of the molecule is O=C(Nc1cccc2ncsc12)OCCCN1CCC(C(=O)c2ccc(F)cc2)CC1. The Morgan fingerprint density at radius 1 is 1.16 bits per heavy atom. The molecule has 6 nitrogen and oxygen atoms in total. The van der Waals surface area contributed by atoms with Crippen LogP contribution in [0.5, 0.6) is 0 Å². The van der Waals surface area contributed by atoms with Crippen molar-refractivity contribution in [2.75, 3.05) is 31.6 Å². The van der Waals surface area contributed by atoms with Gasteiger partial charge in [-0.05, 0) is 68.8 Å². The Balaban J connectivity index is 1.15. The maximum absolute atomic E-state index is 13.0. The largest absolute Gasteiger partial charge is 0.449 e. The van der Waals surface area contributed by atoms with Crippen molar-refractivity contribution in [3.63, 3.8) is 0 Å². The number of piperidine rings is 1. The van der Waals surface area contributed by atoms with Gasteiger partial charge in [-0.25, -0.2) is 14.2 Å². The lowest BCUT2D eigenvalue weighted by Gasteiger charge is -2.31. The number of anilines is 1. The number of benzene rings is 2. The number of carbonyl (C=O) groups excluding carboxylic acids is 2. The molecule has 31 heavy (non-hydrogen) atoms. The highest BCUT2D eigenvalue weighted by atomic mass is 32.1. The monoisotopic (exact) mass is 441 g/mol. The second-order valence-corrected chi connectivity index (χ2v) is 8.46. The Morgan fingerprint density at radius 3 is 2.71 bits per heavy atom. The predicted molar refractivity (Wildman–Crippen MR) is 119 cm³/mol. The zero-order valence-electron chi connectivity index (χ0n) is 17.1. The van der Waals surface area contributed by atoms with Crippen LogP contribution in [0.1, 0.15) is 29.6 Å². The summed E-state index contributed by atoms with van der Waals surface area (Å²) in [6.45, 7) is 2.81. The number of ketones is 1. The van der Waals surface area contributed by atoms with E-state index in [1.807, 2.05) is 18.2 Å². The molecule has 8 heteroatoms. The van der Waals surface area contributed by atoms with Gasteiger partial charge in [0.1, 0.15) is 5.82 Å². The van der Waals surface area contributed by atoms with Gasteiger partial charge < -0.3 is 9.64 Å². The number of aromatic nitrogens is 1. The molecule has 2 aromatic carbocycles. The molecule has 1 aliphatic heterocycles. The number of carbonyl (C=O) groups is 2. The van der Waals surface area contributed by atoms with Crippen molar-refractivity contribution in [2.45, 2.75) is 19.3 Å². The zero-order valence-corrected chi connectivity index (χ0v) is 17.9. The highest BCUT2D eigenvalue weighted by molar-refractivity contribution is 7.17. The molecule has 0 unspecified atom stereocenters. The van der Waals surface area contributed by atoms with Crippen LogP contribution < -0.4 is 5.32 Å². The summed E-state index contributed by atoms with van der Waals surface area (Å²) in [6.07, 6.45) is 1.84. The van der Waals surface area contributed by atoms with Crippen molar-refractivity contribution in [1.82, 2.24) is 9.88 Å². The van der Waals surface area contributed by atoms with Gasteiger partial charge >= 0.3 is 6.09 Å². The first-order valence-corrected chi connectivity index (χ1v) is 11.3. The molecule has 1 aliphatic rings. The van der Waals surface area contributed by atoms with Crippen LogP contribution in [0.15, 0.2) is 48.0 Å². The van der Waals surface area contributed by atoms with E-state index in [0.717, 1.165) is 49.1 Å². The first kappa shape index (κ1) is 21.4. The number of nitrogens with one attached hydrogen (secondary N) is 1. The minimum Gasteiger partial charge on any atom is -0.449 e. The number of ether oxygens (including phenoxy) is 1. The van der Waals surface area contributed by atoms with Crippen molar-refractivity contribution in [3.05, 3.63) is 59.4 Å². The molecule has 3 aromatic rings. The number of fused-ring (bicyclic) bond motifs is 1. The number of rotatable bonds is 7. The Hall–Kier alpha value is -2.84. The Labute approximate surface area is 184 Å². The third kappa shape index (κ3) is 5.45. The van der Waals surface area contributed by atoms with Crippen LogP contribution in [0.3, 0.4) is 0 Å². The van der Waals surface area contributed by atoms with E-state index in [1.165, 1.54) is 23.5 Å². The highest BCUT2D eigenvalue weighted by Crippen LogP contribution is 2.26. The number of Topliss-reactive ketones (excluding diaryl/α,β-unsaturated/α-hetero) is 1. The Bertz CT molecular complexity index is 1050. The molecule has 1 fully saturated rings. The molecule has 1 saturated heterocycles. The van der Waals surface area contributed by atoms with Gasteiger partial charge in [0.05, 0.1) is 28.0 Å². The third-order valence-corrected chi connectivity index (χ3v) is 6.41. The first-order valence-electron chi connectivity index (χ1n) is 10.4. The number of likely N-dealkylation sites (tertiary alicyclic amines) is 1. The first-order chi connectivity index (χ1) is 15.1. The van der Waals surface area contributed by atoms with Gasteiger partial charge in [-0.1, -0.05) is 6.07 Å². The number of halogens is 1. The lowest BCUT2D eigenvalue weighted by molar-refractivity contribution is 0.0830. The van der Waals surface area contributed by atoms with Crippen LogP contribution in [-0.4, -0.2) is 48.0 Å². The summed E-state index contributed by atoms with van der Waals surface area (Å²) in [5, 5.41) is 2.78. The Morgan fingerprint density at radius 2 is 1.94 bits per heavy atom. The molecule has 4 rings (SSSR count). The number of hydrogen-bond acceptors (Lipinski definition) is 6. The van der Waals surface area contributed by atoms with Gasteiger partial charge in [0.15, 0.2) is 5.78 Å². The van der Waals surface area contributed by atoms with Crippen LogP contribution in [0.25, 0.3) is 10.2 Å². The quantitative estimate of drug-likeness (QED) is 0.414. The summed E-state index contributed by atoms with van der Waals surface area (Å²) in [6, 6.07) is 11.4. The molecule has 0 bridgehead atoms. The van der Waals surface area contributed by atoms with Crippen molar-refractivity contribution in [1.29, 1.82) is 0 Å². The van der Waals surface area contributed by atoms with E-state index < -0.39 is 6.09 Å². The Kier molecular flexibility index (Phi) is 6.89. The highest BCUT2D eigenvalue weighted by Gasteiger charge is 2.25. The molecule has 0 radical (unpaired) electrons. The topological polar surface area (TPSA) is 71.5 Å². The number of amides is 1. The summed E-state index contributed by atoms with van der Waals surface area (Å²) in [5.74, 6) is -0.253. The van der Waals surface area contributed by atoms with Crippen molar-refractivity contribution >= 4 is 39.1 Å². The molecule has 1 N–H and O–H groups in total. The van der Waals surface area contributed by atoms with Crippen LogP contribution in [0.4, 0.5) is 14.9 Å². The molecule has 2 heterocycles. The fraction of sp³-hybridized carbons (Fsp3) is 0.348. The molecule has 1 amide bonds. The average Bonchev–Trinajstić information content (AvgIpc) is 3.27. The summed E-state index contributed by atoms with van der Waals surface area (Å²) >= 11 is 1.48. The fourth-order valence-corrected chi connectivity index (χ4v) is 4.61. The van der Waals surface area contributed by atoms with Gasteiger partial charge in [0, 0.05) is 18.0 Å². The van der Waals surface area contributed by atoms with Gasteiger partial charge in [0.2, 0.25) is 0 Å². The average molecular weight is 442 g/mol. The number of nitrogens with zero attached hydrogens (tertiary/aromatic N) is 2. The molecule has 162 valence electrons. The summed E-state index contributed by atoms with van der Waals surface area (Å²) in [7, 11) is 0. The van der Waals surface area contributed by atoms with Crippen molar-refractivity contribution < 1.29 is 18.7 Å². The normalized spacial score (nSPS) is 15.1. The van der Waals surface area contributed by atoms with E-state index in [-0.39, 0.29) is 17.5 Å². The maximum atomic E-state index is 13.0. The minimum absolute atomic E-state index is 0.0156. The molecule has 0 aliphatic carbocycles. The second-order valence-electron chi connectivity index (χ2n) is 7.61. The van der Waals surface area contributed by atoms with Crippen LogP contribution in [-0.2, 0) is 4.74 Å². The van der Waals surface area contributed by atoms with Crippen molar-refractivity contribution in [3.8, 4) is 0 Å². The van der Waals surface area contributed by atoms with Gasteiger partial charge in [0.25, 0.3) is 0 Å². The van der Waals surface area contributed by atoms with Crippen LogP contribution >= 0.6 is 11.3 Å². The minimum atomic E-state index is -0.468. The molecule has 0 spiro atoms. The van der Waals surface area contributed by atoms with E-state index in [9.17, 15) is 14.0 Å². The van der Waals surface area contributed by atoms with E-state index in [1.54, 1.807) is 17.6 Å². The molecular weight excluding hydrogens is 417 g/mol. The fourth-order valence-electron chi connectivity index (χ4n) is 3.85. The number of hydrogen-bond donors (Lipinski definition) is 1. The van der Waals surface area contributed by atoms with Gasteiger partial charge in [-0.2, -0.15) is 0 Å². The standard InChI is InChI=1S/C23H24FN3O3S/c24-18-7-5-16(6-8-18)21(28)17-9-12-27(13-10-17)11-2-14-30-23(29)26-20-4-1-3-19-22(20)31-15-25-19/h1,3-8,15,17H,2,9-14H2,(H,26,29). The smallest absolute Gasteiger partial charge is 0.411 e. The van der Waals surface area contributed by atoms with Gasteiger partial charge in [-0.15, -0.1) is 11.3 Å². The van der Waals surface area contributed by atoms with Crippen molar-refractivity contribution in [2.24, 2.45) is 5.92 Å². The molecule has 1 aromatic heterocycles. The third-order valence-electron chi connectivity index (χ3n) is 5.53. The molecular formula is C23H24FN3O3S. The molecule has 0 atom stereocenters. The number of thiazole rings is 1. The van der Waals surface area contributed by atoms with Gasteiger partial charge in [-0.3, -0.25) is 10.1 Å². The van der Waals surface area contributed by atoms with Crippen LogP contribution in [0.2, 0.25) is 0 Å². The second kappa shape index (κ2) is 9.98. The zero-order chi connectivity index (χ0) is 21.6. The van der Waals surface area contributed by atoms with E-state index in [2.05, 4.69) is 15.2 Å². The predicted octanol–water partition coefficient (Wildman–Crippen LogP) is 4.97. The van der Waals surface area contributed by atoms with E-state index in [4.69, 9.17) is 4.74 Å². The molecule has 0 saturated carbocycles. The summed E-state index contributed by atoms with van der Waals surface area (Å²) in [5.41, 5.74) is 3.88. The van der Waals surface area contributed by atoms with E-state index >= 15 is 0 Å². The maximum Gasteiger partial charge on any atom is 0.411 e. The summed E-state index contributed by atoms with van der Waals surface area (Å²) in [4.78, 5) is 31.2. The lowest BCUT2D eigenvalue weighted by Crippen LogP contribution is -2.37. The van der Waals surface area contributed by atoms with E-state index in [0.29, 0.717) is 17.9 Å².